The number of hydrogen-bond donors (Lipinski definition) is 0. The summed E-state index contributed by atoms with van der Waals surface area (Å²) >= 11 is 0.888. The van der Waals surface area contributed by atoms with E-state index < -0.39 is 0 Å². The molecular formula is C10H13ClN2OS. The molecule has 0 saturated heterocycles. The third-order valence-electron chi connectivity index (χ3n) is 1.96. The largest absolute Gasteiger partial charge is 0.335 e. The van der Waals surface area contributed by atoms with Crippen LogP contribution >= 0.6 is 21.8 Å². The van der Waals surface area contributed by atoms with Gasteiger partial charge in [-0.25, -0.2) is 9.10 Å². The molecule has 0 fully saturated rings. The van der Waals surface area contributed by atoms with Crippen molar-refractivity contribution in [3.8, 4) is 0 Å². The number of carbonyl (C=O) groups is 1. The molecule has 82 valence electrons. The number of hydrogen-bond acceptors (Lipinski definition) is 2. The summed E-state index contributed by atoms with van der Waals surface area (Å²) in [6.45, 7) is 1.94. The summed E-state index contributed by atoms with van der Waals surface area (Å²) in [6, 6.07) is 7.47. The highest BCUT2D eigenvalue weighted by atomic mass is 35.7. The van der Waals surface area contributed by atoms with Crippen LogP contribution in [0.1, 0.15) is 5.56 Å². The molecule has 2 amide bonds. The van der Waals surface area contributed by atoms with Crippen molar-refractivity contribution in [1.29, 1.82) is 0 Å². The number of benzene rings is 1. The van der Waals surface area contributed by atoms with E-state index in [0.717, 1.165) is 22.4 Å². The molecule has 0 radical (unpaired) electrons. The fourth-order valence-corrected chi connectivity index (χ4v) is 2.04. The van der Waals surface area contributed by atoms with E-state index in [1.165, 1.54) is 9.21 Å². The SMILES string of the molecule is Cc1ccccc1N(SCl)C(=O)N(C)C. The van der Waals surface area contributed by atoms with Crippen LogP contribution in [-0.4, -0.2) is 25.0 Å². The number of anilines is 1. The Morgan fingerprint density at radius 3 is 2.40 bits per heavy atom. The highest BCUT2D eigenvalue weighted by molar-refractivity contribution is 8.22. The van der Waals surface area contributed by atoms with Crippen LogP contribution in [0.15, 0.2) is 24.3 Å². The molecule has 0 aliphatic carbocycles. The van der Waals surface area contributed by atoms with Crippen LogP contribution in [0.3, 0.4) is 0 Å². The van der Waals surface area contributed by atoms with Gasteiger partial charge >= 0.3 is 6.03 Å². The maximum atomic E-state index is 11.8. The molecule has 0 heterocycles. The fourth-order valence-electron chi connectivity index (χ4n) is 1.14. The molecule has 0 spiro atoms. The van der Waals surface area contributed by atoms with E-state index in [1.54, 1.807) is 14.1 Å². The minimum Gasteiger partial charge on any atom is -0.330 e. The molecule has 15 heavy (non-hydrogen) atoms. The highest BCUT2D eigenvalue weighted by Gasteiger charge is 2.18. The van der Waals surface area contributed by atoms with Crippen molar-refractivity contribution in [3.63, 3.8) is 0 Å². The second-order valence-corrected chi connectivity index (χ2v) is 4.24. The molecule has 0 aliphatic heterocycles. The molecule has 5 heteroatoms. The van der Waals surface area contributed by atoms with Crippen LogP contribution in [0.25, 0.3) is 0 Å². The molecule has 0 atom stereocenters. The van der Waals surface area contributed by atoms with E-state index in [4.69, 9.17) is 10.7 Å². The molecule has 0 unspecified atom stereocenters. The van der Waals surface area contributed by atoms with Crippen molar-refractivity contribution in [2.45, 2.75) is 6.92 Å². The number of amides is 2. The summed E-state index contributed by atoms with van der Waals surface area (Å²) in [5.41, 5.74) is 1.83. The number of nitrogens with zero attached hydrogens (tertiary/aromatic N) is 2. The molecule has 0 saturated carbocycles. The van der Waals surface area contributed by atoms with E-state index in [0.29, 0.717) is 0 Å². The zero-order valence-electron chi connectivity index (χ0n) is 8.90. The molecule has 0 aromatic heterocycles. The van der Waals surface area contributed by atoms with E-state index >= 15 is 0 Å². The first-order chi connectivity index (χ1) is 7.07. The molecular weight excluding hydrogens is 232 g/mol. The normalized spacial score (nSPS) is 9.87. The summed E-state index contributed by atoms with van der Waals surface area (Å²) in [6.07, 6.45) is 0. The van der Waals surface area contributed by atoms with Crippen molar-refractivity contribution < 1.29 is 4.79 Å². The van der Waals surface area contributed by atoms with E-state index in [2.05, 4.69) is 0 Å². The van der Waals surface area contributed by atoms with E-state index in [-0.39, 0.29) is 6.03 Å². The summed E-state index contributed by atoms with van der Waals surface area (Å²) in [5.74, 6) is 0. The molecule has 3 nitrogen and oxygen atoms in total. The molecule has 0 aliphatic rings. The van der Waals surface area contributed by atoms with Crippen LogP contribution in [0, 0.1) is 6.92 Å². The Morgan fingerprint density at radius 1 is 1.33 bits per heavy atom. The van der Waals surface area contributed by atoms with Gasteiger partial charge < -0.3 is 4.90 Å². The van der Waals surface area contributed by atoms with Gasteiger partial charge in [-0.3, -0.25) is 0 Å². The summed E-state index contributed by atoms with van der Waals surface area (Å²) in [5, 5.41) is 0. The summed E-state index contributed by atoms with van der Waals surface area (Å²) in [4.78, 5) is 13.3. The predicted molar refractivity (Wildman–Crippen MR) is 66.2 cm³/mol. The Kier molecular flexibility index (Phi) is 4.29. The second-order valence-electron chi connectivity index (χ2n) is 3.33. The second kappa shape index (κ2) is 5.28. The van der Waals surface area contributed by atoms with Gasteiger partial charge in [-0.1, -0.05) is 18.2 Å². The zero-order chi connectivity index (χ0) is 11.4. The number of aryl methyl sites for hydroxylation is 1. The topological polar surface area (TPSA) is 23.6 Å². The van der Waals surface area contributed by atoms with Crippen LogP contribution in [-0.2, 0) is 0 Å². The van der Waals surface area contributed by atoms with Crippen molar-refractivity contribution in [1.82, 2.24) is 4.90 Å². The lowest BCUT2D eigenvalue weighted by Gasteiger charge is -2.23. The standard InChI is InChI=1S/C10H13ClN2OS/c1-8-6-4-5-7-9(8)13(15-11)10(14)12(2)3/h4-7H,1-3H3. The maximum Gasteiger partial charge on any atom is 0.335 e. The number of rotatable bonds is 2. The lowest BCUT2D eigenvalue weighted by molar-refractivity contribution is 0.228. The Labute approximate surface area is 98.6 Å². The fraction of sp³-hybridized carbons (Fsp3) is 0.300. The number of halogens is 1. The van der Waals surface area contributed by atoms with Gasteiger partial charge in [0.15, 0.2) is 0 Å². The highest BCUT2D eigenvalue weighted by Crippen LogP contribution is 2.28. The number of carbonyl (C=O) groups excluding carboxylic acids is 1. The van der Waals surface area contributed by atoms with Crippen molar-refractivity contribution in [3.05, 3.63) is 29.8 Å². The lowest BCUT2D eigenvalue weighted by Crippen LogP contribution is -2.34. The molecule has 1 aromatic carbocycles. The quantitative estimate of drug-likeness (QED) is 0.746. The average Bonchev–Trinajstić information content (AvgIpc) is 2.21. The van der Waals surface area contributed by atoms with Crippen molar-refractivity contribution >= 4 is 33.6 Å². The molecule has 1 aromatic rings. The van der Waals surface area contributed by atoms with Gasteiger partial charge in [-0.05, 0) is 29.2 Å². The van der Waals surface area contributed by atoms with Gasteiger partial charge in [0.25, 0.3) is 0 Å². The zero-order valence-corrected chi connectivity index (χ0v) is 10.5. The van der Waals surface area contributed by atoms with Gasteiger partial charge in [-0.15, -0.1) is 0 Å². The molecule has 0 bridgehead atoms. The number of para-hydroxylation sites is 1. The summed E-state index contributed by atoms with van der Waals surface area (Å²) < 4.78 is 1.46. The number of urea groups is 1. The minimum absolute atomic E-state index is 0.149. The minimum atomic E-state index is -0.149. The van der Waals surface area contributed by atoms with Crippen LogP contribution in [0.4, 0.5) is 10.5 Å². The third kappa shape index (κ3) is 2.79. The van der Waals surface area contributed by atoms with Crippen LogP contribution in [0.2, 0.25) is 0 Å². The Bertz CT molecular complexity index is 357. The third-order valence-corrected chi connectivity index (χ3v) is 2.86. The van der Waals surface area contributed by atoms with Gasteiger partial charge in [-0.2, -0.15) is 0 Å². The first-order valence-corrected chi connectivity index (χ1v) is 6.03. The van der Waals surface area contributed by atoms with Gasteiger partial charge in [0.1, 0.15) is 0 Å². The van der Waals surface area contributed by atoms with Crippen molar-refractivity contribution in [2.75, 3.05) is 18.4 Å². The van der Waals surface area contributed by atoms with Crippen molar-refractivity contribution in [2.24, 2.45) is 0 Å². The maximum absolute atomic E-state index is 11.8. The van der Waals surface area contributed by atoms with Crippen LogP contribution < -0.4 is 4.31 Å². The van der Waals surface area contributed by atoms with Gasteiger partial charge in [0.2, 0.25) is 0 Å². The monoisotopic (exact) mass is 244 g/mol. The van der Waals surface area contributed by atoms with Gasteiger partial charge in [0, 0.05) is 14.1 Å². The molecule has 1 rings (SSSR count). The van der Waals surface area contributed by atoms with Gasteiger partial charge in [0.05, 0.1) is 16.8 Å². The smallest absolute Gasteiger partial charge is 0.330 e. The first-order valence-electron chi connectivity index (χ1n) is 4.43. The van der Waals surface area contributed by atoms with Crippen LogP contribution in [0.5, 0.6) is 0 Å². The predicted octanol–water partition coefficient (Wildman–Crippen LogP) is 3.29. The van der Waals surface area contributed by atoms with E-state index in [9.17, 15) is 4.79 Å². The van der Waals surface area contributed by atoms with E-state index in [1.807, 2.05) is 31.2 Å². The first kappa shape index (κ1) is 12.2. The summed E-state index contributed by atoms with van der Waals surface area (Å²) in [7, 11) is 9.10. The average molecular weight is 245 g/mol. The lowest BCUT2D eigenvalue weighted by atomic mass is 10.2. The Balaban J connectivity index is 3.03. The molecule has 0 N–H and O–H groups in total. The Hall–Kier alpha value is -0.870. The Morgan fingerprint density at radius 2 is 1.93 bits per heavy atom.